The molecule has 4 rings (SSSR count). The molecular weight excluding hydrogens is 547 g/mol. The third-order valence-corrected chi connectivity index (χ3v) is 7.52. The van der Waals surface area contributed by atoms with Crippen molar-refractivity contribution in [3.63, 3.8) is 0 Å². The van der Waals surface area contributed by atoms with Gasteiger partial charge in [-0.15, -0.1) is 13.2 Å². The molecule has 1 fully saturated rings. The third kappa shape index (κ3) is 7.35. The molecule has 0 saturated carbocycles. The second-order valence-electron chi connectivity index (χ2n) is 8.59. The Labute approximate surface area is 223 Å². The van der Waals surface area contributed by atoms with Crippen LogP contribution in [0.1, 0.15) is 17.2 Å². The van der Waals surface area contributed by atoms with Gasteiger partial charge in [0.25, 0.3) is 0 Å². The summed E-state index contributed by atoms with van der Waals surface area (Å²) in [7, 11) is -4.19. The number of aromatic nitrogens is 1. The average molecular weight is 572 g/mol. The van der Waals surface area contributed by atoms with Crippen molar-refractivity contribution in [3.05, 3.63) is 83.0 Å². The van der Waals surface area contributed by atoms with Crippen LogP contribution in [0.5, 0.6) is 5.75 Å². The van der Waals surface area contributed by atoms with Gasteiger partial charge in [0.05, 0.1) is 18.2 Å². The van der Waals surface area contributed by atoms with Gasteiger partial charge in [-0.25, -0.2) is 18.1 Å². The maximum atomic E-state index is 13.4. The van der Waals surface area contributed by atoms with Crippen molar-refractivity contribution in [3.8, 4) is 5.75 Å². The van der Waals surface area contributed by atoms with Crippen LogP contribution in [0, 0.1) is 0 Å². The van der Waals surface area contributed by atoms with Crippen molar-refractivity contribution in [2.75, 3.05) is 31.2 Å². The maximum absolute atomic E-state index is 13.4. The number of nitrogens with one attached hydrogen (secondary N) is 1. The van der Waals surface area contributed by atoms with Gasteiger partial charge in [-0.05, 0) is 35.7 Å². The van der Waals surface area contributed by atoms with Gasteiger partial charge in [0.15, 0.2) is 0 Å². The van der Waals surface area contributed by atoms with Gasteiger partial charge in [0.2, 0.25) is 10.0 Å². The Hall–Kier alpha value is -2.90. The number of benzene rings is 2. The molecule has 1 aromatic heterocycles. The number of rotatable bonds is 9. The second kappa shape index (κ2) is 11.9. The van der Waals surface area contributed by atoms with Gasteiger partial charge in [-0.2, -0.15) is 0 Å². The first-order valence-electron chi connectivity index (χ1n) is 11.6. The standard InChI is InChI=1S/C25H25ClF3N3O5S/c26-19-13-23(38(34,35)31-20(16-33)11-17-5-2-1-3-6-17)24(30-14-19)32-9-10-36-22(15-32)18-7-4-8-21(12-18)37-25(27,28)29/h1-8,12-14,20,22,31,33H,9-11,15-16H2/t20-,22?/m1/s1. The molecule has 3 aromatic rings. The number of sulfonamides is 1. The predicted octanol–water partition coefficient (Wildman–Crippen LogP) is 4.09. The lowest BCUT2D eigenvalue weighted by atomic mass is 10.1. The van der Waals surface area contributed by atoms with Crippen LogP contribution < -0.4 is 14.4 Å². The minimum Gasteiger partial charge on any atom is -0.406 e. The number of hydrogen-bond donors (Lipinski definition) is 2. The first kappa shape index (κ1) is 28.1. The Bertz CT molecular complexity index is 1350. The number of aliphatic hydroxyl groups is 1. The summed E-state index contributed by atoms with van der Waals surface area (Å²) < 4.78 is 77.2. The molecule has 2 N–H and O–H groups in total. The van der Waals surface area contributed by atoms with E-state index in [1.165, 1.54) is 30.5 Å². The van der Waals surface area contributed by atoms with Crippen molar-refractivity contribution < 1.29 is 36.2 Å². The van der Waals surface area contributed by atoms with E-state index >= 15 is 0 Å². The van der Waals surface area contributed by atoms with Crippen LogP contribution >= 0.6 is 11.6 Å². The van der Waals surface area contributed by atoms with Crippen LogP contribution in [0.25, 0.3) is 0 Å². The first-order chi connectivity index (χ1) is 18.0. The van der Waals surface area contributed by atoms with Crippen LogP contribution in [0.15, 0.2) is 71.8 Å². The van der Waals surface area contributed by atoms with Crippen LogP contribution in [0.2, 0.25) is 5.02 Å². The number of pyridine rings is 1. The Morgan fingerprint density at radius 1 is 1.18 bits per heavy atom. The highest BCUT2D eigenvalue weighted by atomic mass is 35.5. The largest absolute Gasteiger partial charge is 0.573 e. The van der Waals surface area contributed by atoms with Gasteiger partial charge < -0.3 is 19.5 Å². The average Bonchev–Trinajstić information content (AvgIpc) is 2.88. The summed E-state index contributed by atoms with van der Waals surface area (Å²) in [4.78, 5) is 5.74. The fourth-order valence-corrected chi connectivity index (χ4v) is 5.78. The van der Waals surface area contributed by atoms with E-state index in [1.807, 2.05) is 30.3 Å². The topological polar surface area (TPSA) is 101 Å². The lowest BCUT2D eigenvalue weighted by Crippen LogP contribution is -2.42. The maximum Gasteiger partial charge on any atom is 0.573 e. The molecule has 1 unspecified atom stereocenters. The third-order valence-electron chi connectivity index (χ3n) is 5.79. The monoisotopic (exact) mass is 571 g/mol. The van der Waals surface area contributed by atoms with Gasteiger partial charge >= 0.3 is 6.36 Å². The summed E-state index contributed by atoms with van der Waals surface area (Å²) in [5.41, 5.74) is 1.27. The number of alkyl halides is 3. The zero-order valence-electron chi connectivity index (χ0n) is 19.9. The van der Waals surface area contributed by atoms with E-state index in [0.29, 0.717) is 5.56 Å². The predicted molar refractivity (Wildman–Crippen MR) is 135 cm³/mol. The minimum atomic E-state index is -4.84. The van der Waals surface area contributed by atoms with Gasteiger partial charge in [0.1, 0.15) is 22.6 Å². The van der Waals surface area contributed by atoms with Crippen LogP contribution in [-0.4, -0.2) is 57.2 Å². The summed E-state index contributed by atoms with van der Waals surface area (Å²) in [6, 6.07) is 15.0. The molecule has 0 aliphatic carbocycles. The molecule has 38 heavy (non-hydrogen) atoms. The smallest absolute Gasteiger partial charge is 0.406 e. The number of hydrogen-bond acceptors (Lipinski definition) is 7. The van der Waals surface area contributed by atoms with E-state index in [9.17, 15) is 26.7 Å². The molecule has 204 valence electrons. The van der Waals surface area contributed by atoms with Gasteiger partial charge in [-0.1, -0.05) is 54.1 Å². The lowest BCUT2D eigenvalue weighted by Gasteiger charge is -2.35. The summed E-state index contributed by atoms with van der Waals surface area (Å²) in [5.74, 6) is -0.282. The molecule has 8 nitrogen and oxygen atoms in total. The number of morpholine rings is 1. The molecule has 1 saturated heterocycles. The number of anilines is 1. The molecule has 0 amide bonds. The number of nitrogens with zero attached hydrogens (tertiary/aromatic N) is 2. The molecule has 1 aliphatic heterocycles. The van der Waals surface area contributed by atoms with Crippen molar-refractivity contribution in [1.29, 1.82) is 0 Å². The quantitative estimate of drug-likeness (QED) is 0.399. The second-order valence-corrected chi connectivity index (χ2v) is 10.7. The van der Waals surface area contributed by atoms with E-state index in [1.54, 1.807) is 11.0 Å². The molecule has 2 aromatic carbocycles. The molecule has 13 heteroatoms. The lowest BCUT2D eigenvalue weighted by molar-refractivity contribution is -0.274. The molecule has 2 heterocycles. The number of aliphatic hydroxyl groups excluding tert-OH is 1. The molecular formula is C25H25ClF3N3O5S. The van der Waals surface area contributed by atoms with Gasteiger partial charge in [0, 0.05) is 25.3 Å². The fourth-order valence-electron chi connectivity index (χ4n) is 4.13. The van der Waals surface area contributed by atoms with E-state index in [4.69, 9.17) is 16.3 Å². The zero-order valence-corrected chi connectivity index (χ0v) is 21.5. The Kier molecular flexibility index (Phi) is 8.78. The molecule has 1 aliphatic rings. The summed E-state index contributed by atoms with van der Waals surface area (Å²) >= 11 is 6.10. The summed E-state index contributed by atoms with van der Waals surface area (Å²) in [6.07, 6.45) is -3.94. The first-order valence-corrected chi connectivity index (χ1v) is 13.4. The normalized spacial score (nSPS) is 17.3. The van der Waals surface area contributed by atoms with E-state index in [2.05, 4.69) is 14.4 Å². The van der Waals surface area contributed by atoms with E-state index in [0.717, 1.165) is 5.56 Å². The van der Waals surface area contributed by atoms with E-state index < -0.39 is 35.1 Å². The van der Waals surface area contributed by atoms with Crippen molar-refractivity contribution in [2.24, 2.45) is 0 Å². The van der Waals surface area contributed by atoms with Gasteiger partial charge in [-0.3, -0.25) is 0 Å². The number of halogens is 4. The Balaban J connectivity index is 1.57. The Morgan fingerprint density at radius 3 is 2.66 bits per heavy atom. The fraction of sp³-hybridized carbons (Fsp3) is 0.320. The molecule has 0 bridgehead atoms. The number of ether oxygens (including phenoxy) is 2. The highest BCUT2D eigenvalue weighted by Gasteiger charge is 2.33. The summed E-state index contributed by atoms with van der Waals surface area (Å²) in [6.45, 7) is 0.118. The Morgan fingerprint density at radius 2 is 1.95 bits per heavy atom. The van der Waals surface area contributed by atoms with Crippen LogP contribution in [0.3, 0.4) is 0 Å². The zero-order chi connectivity index (χ0) is 27.3. The van der Waals surface area contributed by atoms with Crippen molar-refractivity contribution in [2.45, 2.75) is 29.8 Å². The van der Waals surface area contributed by atoms with Crippen LogP contribution in [0.4, 0.5) is 19.0 Å². The van der Waals surface area contributed by atoms with E-state index in [-0.39, 0.29) is 47.6 Å². The highest BCUT2D eigenvalue weighted by molar-refractivity contribution is 7.89. The van der Waals surface area contributed by atoms with Crippen molar-refractivity contribution in [1.82, 2.24) is 9.71 Å². The molecule has 0 radical (unpaired) electrons. The molecule has 0 spiro atoms. The van der Waals surface area contributed by atoms with Crippen LogP contribution in [-0.2, 0) is 21.2 Å². The highest BCUT2D eigenvalue weighted by Crippen LogP contribution is 2.32. The minimum absolute atomic E-state index is 0.0968. The van der Waals surface area contributed by atoms with Crippen molar-refractivity contribution >= 4 is 27.4 Å². The SMILES string of the molecule is O=S(=O)(N[C@@H](CO)Cc1ccccc1)c1cc(Cl)cnc1N1CCOC(c2cccc(OC(F)(F)F)c2)C1. The molecule has 2 atom stereocenters. The summed E-state index contributed by atoms with van der Waals surface area (Å²) in [5, 5.41) is 9.94.